The number of carbonyl (C=O) groups excluding carboxylic acids is 2. The van der Waals surface area contributed by atoms with Crippen molar-refractivity contribution in [1.82, 2.24) is 14.9 Å². The summed E-state index contributed by atoms with van der Waals surface area (Å²) in [6.45, 7) is 7.91. The quantitative estimate of drug-likeness (QED) is 0.617. The van der Waals surface area contributed by atoms with Gasteiger partial charge in [-0.1, -0.05) is 12.1 Å². The molecule has 0 aromatic heterocycles. The van der Waals surface area contributed by atoms with Crippen molar-refractivity contribution in [3.05, 3.63) is 29.8 Å². The van der Waals surface area contributed by atoms with Crippen molar-refractivity contribution in [2.75, 3.05) is 18.8 Å². The third kappa shape index (κ3) is 6.22. The van der Waals surface area contributed by atoms with Crippen LogP contribution in [0, 0.1) is 0 Å². The summed E-state index contributed by atoms with van der Waals surface area (Å²) in [5.74, 6) is -0.0680. The van der Waals surface area contributed by atoms with Crippen LogP contribution in [0.2, 0.25) is 0 Å². The lowest BCUT2D eigenvalue weighted by atomic mass is 10.2. The monoisotopic (exact) mass is 427 g/mol. The molecule has 0 spiro atoms. The van der Waals surface area contributed by atoms with E-state index in [0.29, 0.717) is 18.5 Å². The first kappa shape index (κ1) is 22.7. The minimum Gasteiger partial charge on any atom is -0.353 e. The van der Waals surface area contributed by atoms with E-state index in [-0.39, 0.29) is 36.2 Å². The Morgan fingerprint density at radius 2 is 1.86 bits per heavy atom. The fourth-order valence-electron chi connectivity index (χ4n) is 3.04. The van der Waals surface area contributed by atoms with Gasteiger partial charge in [0.05, 0.1) is 16.6 Å². The molecule has 1 atom stereocenters. The Hall–Kier alpha value is -1.58. The predicted molar refractivity (Wildman–Crippen MR) is 112 cm³/mol. The van der Waals surface area contributed by atoms with Crippen LogP contribution in [0.5, 0.6) is 0 Å². The Morgan fingerprint density at radius 1 is 1.18 bits per heavy atom. The Balaban J connectivity index is 2.06. The smallest absolute Gasteiger partial charge is 0.255 e. The van der Waals surface area contributed by atoms with Crippen molar-refractivity contribution in [3.63, 3.8) is 0 Å². The molecule has 0 radical (unpaired) electrons. The summed E-state index contributed by atoms with van der Waals surface area (Å²) in [5.41, 5.74) is 0.500. The predicted octanol–water partition coefficient (Wildman–Crippen LogP) is 1.85. The topological polar surface area (TPSA) is 95.6 Å². The van der Waals surface area contributed by atoms with E-state index < -0.39 is 15.3 Å². The lowest BCUT2D eigenvalue weighted by Crippen LogP contribution is -2.40. The number of carbonyl (C=O) groups is 2. The first-order chi connectivity index (χ1) is 13.1. The molecule has 0 bridgehead atoms. The van der Waals surface area contributed by atoms with Gasteiger partial charge in [0.15, 0.2) is 0 Å². The summed E-state index contributed by atoms with van der Waals surface area (Å²) in [6.07, 6.45) is 0.417. The highest BCUT2D eigenvalue weighted by atomic mass is 32.2. The van der Waals surface area contributed by atoms with E-state index in [2.05, 4.69) is 10.0 Å². The summed E-state index contributed by atoms with van der Waals surface area (Å²) in [4.78, 5) is 27.2. The first-order valence-electron chi connectivity index (χ1n) is 9.41. The number of thioether (sulfide) groups is 1. The molecule has 0 saturated carbocycles. The van der Waals surface area contributed by atoms with Crippen LogP contribution in [0.15, 0.2) is 29.2 Å². The zero-order chi connectivity index (χ0) is 20.9. The Bertz CT molecular complexity index is 809. The minimum absolute atomic E-state index is 0.0629. The summed E-state index contributed by atoms with van der Waals surface area (Å²) < 4.78 is 27.4. The molecule has 1 aliphatic rings. The molecule has 9 heteroatoms. The molecule has 156 valence electrons. The Morgan fingerprint density at radius 3 is 2.50 bits per heavy atom. The number of benzene rings is 1. The second kappa shape index (κ2) is 9.76. The van der Waals surface area contributed by atoms with E-state index in [9.17, 15) is 18.0 Å². The average Bonchev–Trinajstić information content (AvgIpc) is 3.09. The van der Waals surface area contributed by atoms with Gasteiger partial charge in [-0.2, -0.15) is 0 Å². The number of nitrogens with zero attached hydrogens (tertiary/aromatic N) is 1. The van der Waals surface area contributed by atoms with Crippen molar-refractivity contribution < 1.29 is 18.0 Å². The van der Waals surface area contributed by atoms with Crippen molar-refractivity contribution in [3.8, 4) is 0 Å². The van der Waals surface area contributed by atoms with E-state index >= 15 is 0 Å². The van der Waals surface area contributed by atoms with Crippen LogP contribution in [0.3, 0.4) is 0 Å². The third-order valence-electron chi connectivity index (χ3n) is 4.20. The third-order valence-corrected chi connectivity index (χ3v) is 7.33. The molecule has 2 rings (SSSR count). The molecule has 1 heterocycles. The standard InChI is InChI=1S/C19H29N3O4S2/c1-13(2)20-18(23)12-27-17-8-6-5-7-16(17)19(24)22-10-9-15(11-22)28(25,26)21-14(3)4/h5-8,13-15,21H,9-12H2,1-4H3,(H,20,23)/t15-/m0/s1. The molecule has 1 fully saturated rings. The fourth-order valence-corrected chi connectivity index (χ4v) is 5.53. The number of hydrogen-bond donors (Lipinski definition) is 2. The van der Waals surface area contributed by atoms with Gasteiger partial charge < -0.3 is 10.2 Å². The van der Waals surface area contributed by atoms with Gasteiger partial charge in [0, 0.05) is 30.1 Å². The van der Waals surface area contributed by atoms with E-state index in [0.717, 1.165) is 4.90 Å². The van der Waals surface area contributed by atoms with Gasteiger partial charge in [-0.05, 0) is 46.2 Å². The molecule has 0 aliphatic carbocycles. The number of likely N-dealkylation sites (tertiary alicyclic amines) is 1. The zero-order valence-corrected chi connectivity index (χ0v) is 18.4. The fraction of sp³-hybridized carbons (Fsp3) is 0.579. The first-order valence-corrected chi connectivity index (χ1v) is 11.9. The van der Waals surface area contributed by atoms with Crippen LogP contribution >= 0.6 is 11.8 Å². The van der Waals surface area contributed by atoms with Crippen molar-refractivity contribution in [2.45, 2.75) is 56.3 Å². The molecule has 1 aromatic carbocycles. The molecule has 1 aliphatic heterocycles. The molecular weight excluding hydrogens is 398 g/mol. The van der Waals surface area contributed by atoms with Crippen LogP contribution in [-0.2, 0) is 14.8 Å². The van der Waals surface area contributed by atoms with Gasteiger partial charge in [-0.15, -0.1) is 11.8 Å². The number of amides is 2. The normalized spacial score (nSPS) is 17.4. The molecule has 0 unspecified atom stereocenters. The second-order valence-electron chi connectivity index (χ2n) is 7.49. The Kier molecular flexibility index (Phi) is 7.91. The van der Waals surface area contributed by atoms with Gasteiger partial charge in [-0.25, -0.2) is 13.1 Å². The highest BCUT2D eigenvalue weighted by Gasteiger charge is 2.36. The minimum atomic E-state index is -3.45. The number of nitrogens with one attached hydrogen (secondary N) is 2. The van der Waals surface area contributed by atoms with Crippen LogP contribution in [0.25, 0.3) is 0 Å². The molecule has 7 nitrogen and oxygen atoms in total. The van der Waals surface area contributed by atoms with E-state index in [4.69, 9.17) is 0 Å². The maximum atomic E-state index is 13.0. The van der Waals surface area contributed by atoms with Gasteiger partial charge in [0.2, 0.25) is 15.9 Å². The van der Waals surface area contributed by atoms with Crippen molar-refractivity contribution >= 4 is 33.6 Å². The molecule has 1 aromatic rings. The van der Waals surface area contributed by atoms with Crippen molar-refractivity contribution in [1.29, 1.82) is 0 Å². The average molecular weight is 428 g/mol. The largest absolute Gasteiger partial charge is 0.353 e. The van der Waals surface area contributed by atoms with Gasteiger partial charge in [0.25, 0.3) is 5.91 Å². The van der Waals surface area contributed by atoms with Gasteiger partial charge in [0.1, 0.15) is 0 Å². The molecule has 2 N–H and O–H groups in total. The highest BCUT2D eigenvalue weighted by Crippen LogP contribution is 2.26. The second-order valence-corrected chi connectivity index (χ2v) is 10.5. The van der Waals surface area contributed by atoms with Crippen molar-refractivity contribution in [2.24, 2.45) is 0 Å². The lowest BCUT2D eigenvalue weighted by Gasteiger charge is -2.19. The van der Waals surface area contributed by atoms with Crippen LogP contribution in [0.1, 0.15) is 44.5 Å². The number of rotatable bonds is 8. The maximum Gasteiger partial charge on any atom is 0.255 e. The molecule has 1 saturated heterocycles. The molecular formula is C19H29N3O4S2. The van der Waals surface area contributed by atoms with Gasteiger partial charge in [-0.3, -0.25) is 9.59 Å². The van der Waals surface area contributed by atoms with Gasteiger partial charge >= 0.3 is 0 Å². The lowest BCUT2D eigenvalue weighted by molar-refractivity contribution is -0.119. The molecule has 28 heavy (non-hydrogen) atoms. The summed E-state index contributed by atoms with van der Waals surface area (Å²) in [5, 5.41) is 2.22. The van der Waals surface area contributed by atoms with Crippen LogP contribution in [-0.4, -0.2) is 61.3 Å². The zero-order valence-electron chi connectivity index (χ0n) is 16.8. The Labute approximate surface area is 171 Å². The van der Waals surface area contributed by atoms with E-state index in [1.54, 1.807) is 30.9 Å². The van der Waals surface area contributed by atoms with Crippen LogP contribution < -0.4 is 10.0 Å². The molecule has 2 amide bonds. The number of hydrogen-bond acceptors (Lipinski definition) is 5. The highest BCUT2D eigenvalue weighted by molar-refractivity contribution is 8.00. The van der Waals surface area contributed by atoms with Crippen LogP contribution in [0.4, 0.5) is 0 Å². The van der Waals surface area contributed by atoms with E-state index in [1.165, 1.54) is 11.8 Å². The summed E-state index contributed by atoms with van der Waals surface area (Å²) >= 11 is 1.31. The summed E-state index contributed by atoms with van der Waals surface area (Å²) in [6, 6.07) is 7.01. The maximum absolute atomic E-state index is 13.0. The SMILES string of the molecule is CC(C)NC(=O)CSc1ccccc1C(=O)N1CC[C@H](S(=O)(=O)NC(C)C)C1. The number of sulfonamides is 1. The summed E-state index contributed by atoms with van der Waals surface area (Å²) in [7, 11) is -3.45. The van der Waals surface area contributed by atoms with E-state index in [1.807, 2.05) is 26.0 Å².